The van der Waals surface area contributed by atoms with Crippen LogP contribution in [0.1, 0.15) is 19.8 Å². The van der Waals surface area contributed by atoms with Crippen molar-refractivity contribution in [2.24, 2.45) is 0 Å². The van der Waals surface area contributed by atoms with Crippen LogP contribution in [-0.2, 0) is 18.8 Å². The van der Waals surface area contributed by atoms with Gasteiger partial charge in [-0.15, -0.1) is 0 Å². The Balaban J connectivity index is 2.56. The van der Waals surface area contributed by atoms with Crippen molar-refractivity contribution in [1.82, 2.24) is 0 Å². The van der Waals surface area contributed by atoms with E-state index in [1.807, 2.05) is 6.92 Å². The molecule has 0 bridgehead atoms. The van der Waals surface area contributed by atoms with Gasteiger partial charge in [0.15, 0.2) is 0 Å². The average molecular weight is 166 g/mol. The van der Waals surface area contributed by atoms with Crippen molar-refractivity contribution in [2.75, 3.05) is 6.61 Å². The molecule has 1 heterocycles. The molecule has 0 saturated carbocycles. The van der Waals surface area contributed by atoms with E-state index in [2.05, 4.69) is 8.37 Å². The van der Waals surface area contributed by atoms with Crippen molar-refractivity contribution in [3.63, 3.8) is 0 Å². The Morgan fingerprint density at radius 2 is 2.30 bits per heavy atom. The van der Waals surface area contributed by atoms with Gasteiger partial charge < -0.3 is 0 Å². The van der Waals surface area contributed by atoms with Gasteiger partial charge in [-0.25, -0.2) is 8.37 Å². The summed E-state index contributed by atoms with van der Waals surface area (Å²) in [5, 5.41) is 0. The number of hydrogen-bond acceptors (Lipinski definition) is 4. The quantitative estimate of drug-likeness (QED) is 0.567. The van der Waals surface area contributed by atoms with Crippen molar-refractivity contribution in [3.8, 4) is 0 Å². The summed E-state index contributed by atoms with van der Waals surface area (Å²) < 4.78 is 30.1. The first kappa shape index (κ1) is 7.97. The fraction of sp³-hybridized carbons (Fsp3) is 1.00. The molecule has 1 atom stereocenters. The molecule has 60 valence electrons. The summed E-state index contributed by atoms with van der Waals surface area (Å²) in [5.41, 5.74) is 0. The summed E-state index contributed by atoms with van der Waals surface area (Å²) in [5.74, 6) is 0. The molecule has 1 aliphatic rings. The van der Waals surface area contributed by atoms with Crippen LogP contribution in [0.15, 0.2) is 0 Å². The number of hydrogen-bond donors (Lipinski definition) is 0. The van der Waals surface area contributed by atoms with Crippen LogP contribution in [-0.4, -0.2) is 21.1 Å². The third kappa shape index (κ3) is 1.93. The summed E-state index contributed by atoms with van der Waals surface area (Å²) in [4.78, 5) is 0. The van der Waals surface area contributed by atoms with E-state index in [-0.39, 0.29) is 12.7 Å². The van der Waals surface area contributed by atoms with E-state index >= 15 is 0 Å². The minimum atomic E-state index is -3.64. The second-order valence-electron chi connectivity index (χ2n) is 2.15. The highest BCUT2D eigenvalue weighted by Crippen LogP contribution is 2.15. The monoisotopic (exact) mass is 166 g/mol. The minimum Gasteiger partial charge on any atom is -0.248 e. The molecular formula is C5H10O4S. The largest absolute Gasteiger partial charge is 0.400 e. The maximum atomic E-state index is 10.6. The molecule has 1 fully saturated rings. The molecule has 5 heteroatoms. The van der Waals surface area contributed by atoms with Crippen molar-refractivity contribution >= 4 is 10.4 Å². The van der Waals surface area contributed by atoms with Crippen molar-refractivity contribution < 1.29 is 16.8 Å². The Kier molecular flexibility index (Phi) is 2.28. The lowest BCUT2D eigenvalue weighted by Crippen LogP contribution is -2.27. The molecule has 1 saturated heterocycles. The van der Waals surface area contributed by atoms with E-state index in [0.29, 0.717) is 12.8 Å². The van der Waals surface area contributed by atoms with Gasteiger partial charge in [0.05, 0.1) is 12.7 Å². The van der Waals surface area contributed by atoms with Crippen LogP contribution in [0.25, 0.3) is 0 Å². The Hall–Kier alpha value is -0.130. The molecule has 0 aromatic rings. The standard InChI is InChI=1S/C5H10O4S/c1-2-5-3-4-8-10(6,7)9-5/h5H,2-4H2,1H3. The first-order chi connectivity index (χ1) is 4.64. The second-order valence-corrected chi connectivity index (χ2v) is 3.39. The van der Waals surface area contributed by atoms with Crippen LogP contribution < -0.4 is 0 Å². The molecule has 0 spiro atoms. The maximum absolute atomic E-state index is 10.6. The van der Waals surface area contributed by atoms with Crippen LogP contribution >= 0.6 is 0 Å². The van der Waals surface area contributed by atoms with Gasteiger partial charge in [-0.05, 0) is 12.8 Å². The van der Waals surface area contributed by atoms with Gasteiger partial charge in [0.2, 0.25) is 0 Å². The molecular weight excluding hydrogens is 156 g/mol. The van der Waals surface area contributed by atoms with E-state index in [0.717, 1.165) is 0 Å². The molecule has 1 rings (SSSR count). The highest BCUT2D eigenvalue weighted by Gasteiger charge is 2.24. The second kappa shape index (κ2) is 2.86. The highest BCUT2D eigenvalue weighted by molar-refractivity contribution is 7.81. The topological polar surface area (TPSA) is 52.6 Å². The van der Waals surface area contributed by atoms with Gasteiger partial charge in [-0.2, -0.15) is 8.42 Å². The first-order valence-corrected chi connectivity index (χ1v) is 4.55. The third-order valence-electron chi connectivity index (χ3n) is 1.38. The lowest BCUT2D eigenvalue weighted by Gasteiger charge is -2.19. The molecule has 0 aliphatic carbocycles. The summed E-state index contributed by atoms with van der Waals surface area (Å²) >= 11 is 0. The fourth-order valence-electron chi connectivity index (χ4n) is 0.796. The van der Waals surface area contributed by atoms with Crippen molar-refractivity contribution in [2.45, 2.75) is 25.9 Å². The van der Waals surface area contributed by atoms with Gasteiger partial charge in [0.25, 0.3) is 0 Å². The van der Waals surface area contributed by atoms with Crippen molar-refractivity contribution in [1.29, 1.82) is 0 Å². The van der Waals surface area contributed by atoms with Crippen molar-refractivity contribution in [3.05, 3.63) is 0 Å². The van der Waals surface area contributed by atoms with Gasteiger partial charge in [-0.3, -0.25) is 0 Å². The summed E-state index contributed by atoms with van der Waals surface area (Å²) in [6, 6.07) is 0. The predicted octanol–water partition coefficient (Wildman–Crippen LogP) is 0.447. The summed E-state index contributed by atoms with van der Waals surface area (Å²) in [7, 11) is -3.64. The van der Waals surface area contributed by atoms with Crippen LogP contribution in [0.2, 0.25) is 0 Å². The molecule has 0 N–H and O–H groups in total. The van der Waals surface area contributed by atoms with Crippen LogP contribution in [0.4, 0.5) is 0 Å². The molecule has 0 amide bonds. The Labute approximate surface area is 60.5 Å². The normalized spacial score (nSPS) is 31.9. The van der Waals surface area contributed by atoms with E-state index in [4.69, 9.17) is 0 Å². The zero-order valence-corrected chi connectivity index (χ0v) is 6.56. The zero-order valence-electron chi connectivity index (χ0n) is 5.74. The average Bonchev–Trinajstić information content (AvgIpc) is 1.86. The van der Waals surface area contributed by atoms with Crippen LogP contribution in [0, 0.1) is 0 Å². The van der Waals surface area contributed by atoms with Gasteiger partial charge in [0, 0.05) is 0 Å². The molecule has 1 aliphatic heterocycles. The Bertz CT molecular complexity index is 196. The SMILES string of the molecule is CCC1CCOS(=O)(=O)O1. The van der Waals surface area contributed by atoms with Crippen LogP contribution in [0.3, 0.4) is 0 Å². The zero-order chi connectivity index (χ0) is 7.61. The molecule has 0 aromatic heterocycles. The van der Waals surface area contributed by atoms with E-state index < -0.39 is 10.4 Å². The fourth-order valence-corrected chi connectivity index (χ4v) is 1.72. The molecule has 0 aromatic carbocycles. The van der Waals surface area contributed by atoms with E-state index in [9.17, 15) is 8.42 Å². The first-order valence-electron chi connectivity index (χ1n) is 3.21. The Morgan fingerprint density at radius 1 is 1.60 bits per heavy atom. The minimum absolute atomic E-state index is 0.182. The smallest absolute Gasteiger partial charge is 0.248 e. The van der Waals surface area contributed by atoms with E-state index in [1.165, 1.54) is 0 Å². The lowest BCUT2D eigenvalue weighted by molar-refractivity contribution is 0.0891. The van der Waals surface area contributed by atoms with Gasteiger partial charge in [0.1, 0.15) is 0 Å². The van der Waals surface area contributed by atoms with E-state index in [1.54, 1.807) is 0 Å². The maximum Gasteiger partial charge on any atom is 0.400 e. The van der Waals surface area contributed by atoms with Crippen LogP contribution in [0.5, 0.6) is 0 Å². The molecule has 0 radical (unpaired) electrons. The van der Waals surface area contributed by atoms with Gasteiger partial charge in [-0.1, -0.05) is 6.92 Å². The molecule has 1 unspecified atom stereocenters. The summed E-state index contributed by atoms with van der Waals surface area (Å²) in [6.07, 6.45) is 1.19. The Morgan fingerprint density at radius 3 is 2.70 bits per heavy atom. The lowest BCUT2D eigenvalue weighted by atomic mass is 10.2. The van der Waals surface area contributed by atoms with Gasteiger partial charge >= 0.3 is 10.4 Å². The molecule has 10 heavy (non-hydrogen) atoms. The molecule has 4 nitrogen and oxygen atoms in total. The predicted molar refractivity (Wildman–Crippen MR) is 34.7 cm³/mol. The highest BCUT2D eigenvalue weighted by atomic mass is 32.3. The summed E-state index contributed by atoms with van der Waals surface area (Å²) in [6.45, 7) is 2.13. The number of rotatable bonds is 1. The third-order valence-corrected chi connectivity index (χ3v) is 2.34.